The summed E-state index contributed by atoms with van der Waals surface area (Å²) in [5.41, 5.74) is 6.86. The summed E-state index contributed by atoms with van der Waals surface area (Å²) in [5, 5.41) is -0.440. The standard InChI is InChI=1S/C9H3ClN2O6S/c10-3-1-2-4-5(8(3)19(15,16)17)7(13)6(12-11)9(14)18-4/h1-2H,(H,15,16,17). The number of carbonyl (C=O) groups excluding carboxylic acids is 2. The molecule has 10 heteroatoms. The van der Waals surface area contributed by atoms with E-state index in [1.165, 1.54) is 0 Å². The van der Waals surface area contributed by atoms with Crippen molar-refractivity contribution in [2.45, 2.75) is 4.90 Å². The number of fused-ring (bicyclic) bond motifs is 1. The third-order valence-corrected chi connectivity index (χ3v) is 3.63. The Balaban J connectivity index is 2.91. The van der Waals surface area contributed by atoms with E-state index in [2.05, 4.69) is 9.53 Å². The quantitative estimate of drug-likeness (QED) is 0.262. The predicted molar refractivity (Wildman–Crippen MR) is 59.9 cm³/mol. The van der Waals surface area contributed by atoms with E-state index >= 15 is 0 Å². The van der Waals surface area contributed by atoms with Crippen molar-refractivity contribution in [1.29, 1.82) is 0 Å². The van der Waals surface area contributed by atoms with Crippen LogP contribution in [0.5, 0.6) is 5.75 Å². The van der Waals surface area contributed by atoms with Crippen molar-refractivity contribution in [3.05, 3.63) is 28.2 Å². The molecule has 1 aliphatic rings. The first-order valence-corrected chi connectivity index (χ1v) is 6.38. The second-order valence-electron chi connectivity index (χ2n) is 3.39. The van der Waals surface area contributed by atoms with E-state index in [0.29, 0.717) is 0 Å². The normalized spacial score (nSPS) is 14.7. The molecule has 1 heterocycles. The van der Waals surface area contributed by atoms with Crippen molar-refractivity contribution in [3.63, 3.8) is 0 Å². The Hall–Kier alpha value is -2.06. The fraction of sp³-hybridized carbons (Fsp3) is 0. The minimum absolute atomic E-state index is 0.403. The summed E-state index contributed by atoms with van der Waals surface area (Å²) in [6.45, 7) is 0. The molecular formula is C9H3ClN2O6S. The second kappa shape index (κ2) is 4.25. The molecule has 8 nitrogen and oxygen atoms in total. The maximum Gasteiger partial charge on any atom is 0.447 e. The molecule has 0 unspecified atom stereocenters. The van der Waals surface area contributed by atoms with Gasteiger partial charge in [-0.05, 0) is 12.1 Å². The Bertz CT molecular complexity index is 778. The lowest BCUT2D eigenvalue weighted by molar-refractivity contribution is -0.131. The smallest absolute Gasteiger partial charge is 0.417 e. The number of ketones is 1. The Labute approximate surface area is 110 Å². The molecule has 0 aliphatic carbocycles. The zero-order valence-corrected chi connectivity index (χ0v) is 10.4. The van der Waals surface area contributed by atoms with Crippen LogP contribution in [0, 0.1) is 0 Å². The van der Waals surface area contributed by atoms with Crippen molar-refractivity contribution in [3.8, 4) is 5.75 Å². The van der Waals surface area contributed by atoms with Gasteiger partial charge in [-0.1, -0.05) is 11.6 Å². The number of Topliss-reactive ketones (excluding diaryl/α,β-unsaturated/α-hetero) is 1. The van der Waals surface area contributed by atoms with Gasteiger partial charge in [0.1, 0.15) is 10.6 Å². The van der Waals surface area contributed by atoms with Crippen molar-refractivity contribution < 1.29 is 32.1 Å². The average Bonchev–Trinajstić information content (AvgIpc) is 2.29. The SMILES string of the molecule is [N-]=[N+]=C1C(=O)Oc2ccc(Cl)c(S(=O)(=O)O)c2C1=O. The van der Waals surface area contributed by atoms with Crippen molar-refractivity contribution in [1.82, 2.24) is 0 Å². The number of nitrogens with zero attached hydrogens (tertiary/aromatic N) is 2. The summed E-state index contributed by atoms with van der Waals surface area (Å²) in [6.07, 6.45) is 0. The largest absolute Gasteiger partial charge is 0.447 e. The number of benzene rings is 1. The monoisotopic (exact) mass is 302 g/mol. The van der Waals surface area contributed by atoms with Crippen LogP contribution in [0.3, 0.4) is 0 Å². The fourth-order valence-electron chi connectivity index (χ4n) is 1.54. The van der Waals surface area contributed by atoms with Gasteiger partial charge >= 0.3 is 11.7 Å². The molecule has 0 fully saturated rings. The molecule has 0 saturated carbocycles. The van der Waals surface area contributed by atoms with Crippen molar-refractivity contribution >= 4 is 39.2 Å². The first kappa shape index (κ1) is 13.4. The predicted octanol–water partition coefficient (Wildman–Crippen LogP) is 0.359. The summed E-state index contributed by atoms with van der Waals surface area (Å²) < 4.78 is 36.1. The molecule has 19 heavy (non-hydrogen) atoms. The zero-order chi connectivity index (χ0) is 14.4. The molecule has 0 aromatic heterocycles. The molecule has 0 atom stereocenters. The third-order valence-electron chi connectivity index (χ3n) is 2.27. The van der Waals surface area contributed by atoms with Gasteiger partial charge in [-0.25, -0.2) is 4.79 Å². The molecule has 0 saturated heterocycles. The molecule has 98 valence electrons. The van der Waals surface area contributed by atoms with Gasteiger partial charge < -0.3 is 10.3 Å². The topological polar surface area (TPSA) is 134 Å². The maximum atomic E-state index is 11.9. The van der Waals surface area contributed by atoms with E-state index in [9.17, 15) is 18.0 Å². The Morgan fingerprint density at radius 1 is 1.32 bits per heavy atom. The highest BCUT2D eigenvalue weighted by Crippen LogP contribution is 2.35. The Kier molecular flexibility index (Phi) is 2.99. The third kappa shape index (κ3) is 2.04. The number of hydrogen-bond acceptors (Lipinski definition) is 5. The van der Waals surface area contributed by atoms with Crippen LogP contribution in [0.1, 0.15) is 10.4 Å². The zero-order valence-electron chi connectivity index (χ0n) is 8.82. The molecule has 0 spiro atoms. The number of hydrogen-bond donors (Lipinski definition) is 1. The molecule has 1 aliphatic heterocycles. The highest BCUT2D eigenvalue weighted by Gasteiger charge is 2.44. The van der Waals surface area contributed by atoms with Crippen LogP contribution in [0.2, 0.25) is 5.02 Å². The number of ether oxygens (including phenoxy) is 1. The summed E-state index contributed by atoms with van der Waals surface area (Å²) in [7, 11) is -4.84. The first-order chi connectivity index (χ1) is 8.77. The van der Waals surface area contributed by atoms with Gasteiger partial charge in [0, 0.05) is 0 Å². The van der Waals surface area contributed by atoms with Crippen LogP contribution in [-0.2, 0) is 14.9 Å². The molecule has 0 radical (unpaired) electrons. The van der Waals surface area contributed by atoms with Gasteiger partial charge in [0.15, 0.2) is 0 Å². The lowest BCUT2D eigenvalue weighted by Crippen LogP contribution is -2.35. The minimum atomic E-state index is -4.84. The first-order valence-electron chi connectivity index (χ1n) is 4.56. The van der Waals surface area contributed by atoms with Gasteiger partial charge in [0.05, 0.1) is 10.6 Å². The molecule has 1 aromatic carbocycles. The average molecular weight is 303 g/mol. The lowest BCUT2D eigenvalue weighted by Gasteiger charge is -2.14. The van der Waals surface area contributed by atoms with E-state index in [4.69, 9.17) is 21.7 Å². The van der Waals surface area contributed by atoms with Crippen LogP contribution >= 0.6 is 11.6 Å². The number of esters is 1. The summed E-state index contributed by atoms with van der Waals surface area (Å²) >= 11 is 5.60. The highest BCUT2D eigenvalue weighted by molar-refractivity contribution is 7.86. The van der Waals surface area contributed by atoms with Crippen LogP contribution in [-0.4, -0.2) is 35.2 Å². The van der Waals surface area contributed by atoms with Gasteiger partial charge in [0.25, 0.3) is 15.9 Å². The fourth-order valence-corrected chi connectivity index (χ4v) is 2.75. The van der Waals surface area contributed by atoms with E-state index in [-0.39, 0.29) is 0 Å². The number of halogens is 1. The molecule has 0 bridgehead atoms. The molecule has 1 N–H and O–H groups in total. The molecule has 1 aromatic rings. The Morgan fingerprint density at radius 3 is 2.47 bits per heavy atom. The van der Waals surface area contributed by atoms with Gasteiger partial charge in [0.2, 0.25) is 0 Å². The van der Waals surface area contributed by atoms with Crippen molar-refractivity contribution in [2.24, 2.45) is 0 Å². The van der Waals surface area contributed by atoms with E-state index in [1.807, 2.05) is 0 Å². The Morgan fingerprint density at radius 2 is 1.95 bits per heavy atom. The second-order valence-corrected chi connectivity index (χ2v) is 5.16. The molecule has 2 rings (SSSR count). The summed E-state index contributed by atoms with van der Waals surface area (Å²) in [5.74, 6) is -2.87. The van der Waals surface area contributed by atoms with Gasteiger partial charge in [-0.15, -0.1) is 0 Å². The van der Waals surface area contributed by atoms with E-state index in [1.54, 1.807) is 0 Å². The van der Waals surface area contributed by atoms with E-state index < -0.39 is 48.8 Å². The van der Waals surface area contributed by atoms with Crippen molar-refractivity contribution in [2.75, 3.05) is 0 Å². The van der Waals surface area contributed by atoms with Gasteiger partial charge in [-0.2, -0.15) is 13.2 Å². The molecule has 0 amide bonds. The molecular weight excluding hydrogens is 300 g/mol. The highest BCUT2D eigenvalue weighted by atomic mass is 35.5. The van der Waals surface area contributed by atoms with Gasteiger partial charge in [-0.3, -0.25) is 9.35 Å². The lowest BCUT2D eigenvalue weighted by atomic mass is 10.0. The maximum absolute atomic E-state index is 11.9. The van der Waals surface area contributed by atoms with Crippen LogP contribution < -0.4 is 4.74 Å². The minimum Gasteiger partial charge on any atom is -0.417 e. The van der Waals surface area contributed by atoms with Crippen LogP contribution in [0.15, 0.2) is 17.0 Å². The summed E-state index contributed by atoms with van der Waals surface area (Å²) in [6, 6.07) is 2.11. The summed E-state index contributed by atoms with van der Waals surface area (Å²) in [4.78, 5) is 24.6. The number of rotatable bonds is 1. The van der Waals surface area contributed by atoms with Crippen LogP contribution in [0.4, 0.5) is 0 Å². The van der Waals surface area contributed by atoms with Crippen LogP contribution in [0.25, 0.3) is 5.53 Å². The van der Waals surface area contributed by atoms with E-state index in [0.717, 1.165) is 12.1 Å². The number of carbonyl (C=O) groups is 2.